The third-order valence-electron chi connectivity index (χ3n) is 5.68. The minimum atomic E-state index is -1.10. The summed E-state index contributed by atoms with van der Waals surface area (Å²) in [5, 5.41) is 24.2. The van der Waals surface area contributed by atoms with Crippen LogP contribution in [0.4, 0.5) is 5.82 Å². The number of rotatable bonds is 5. The lowest BCUT2D eigenvalue weighted by atomic mass is 9.87. The Hall–Kier alpha value is -4.26. The first-order valence-corrected chi connectivity index (χ1v) is 9.67. The lowest BCUT2D eigenvalue weighted by Gasteiger charge is -2.49. The van der Waals surface area contributed by atoms with Crippen molar-refractivity contribution in [2.45, 2.75) is 18.9 Å². The summed E-state index contributed by atoms with van der Waals surface area (Å²) in [5.41, 5.74) is 2.59. The predicted molar refractivity (Wildman–Crippen MR) is 111 cm³/mol. The molecular formula is C21H18N8O2. The van der Waals surface area contributed by atoms with Crippen molar-refractivity contribution < 1.29 is 9.90 Å². The van der Waals surface area contributed by atoms with E-state index in [0.717, 1.165) is 22.2 Å². The summed E-state index contributed by atoms with van der Waals surface area (Å²) < 4.78 is 1.85. The zero-order valence-corrected chi connectivity index (χ0v) is 16.6. The first kappa shape index (κ1) is 18.7. The highest BCUT2D eigenvalue weighted by Crippen LogP contribution is 2.36. The Morgan fingerprint density at radius 2 is 2.16 bits per heavy atom. The van der Waals surface area contributed by atoms with Crippen LogP contribution in [0.25, 0.3) is 22.2 Å². The number of H-pyrrole nitrogens is 1. The largest absolute Gasteiger partial charge is 0.476 e. The molecule has 10 nitrogen and oxygen atoms in total. The first-order chi connectivity index (χ1) is 15.0. The molecule has 10 heteroatoms. The van der Waals surface area contributed by atoms with Crippen molar-refractivity contribution in [2.24, 2.45) is 0 Å². The van der Waals surface area contributed by atoms with Gasteiger partial charge < -0.3 is 15.0 Å². The van der Waals surface area contributed by atoms with Crippen LogP contribution in [0.5, 0.6) is 0 Å². The van der Waals surface area contributed by atoms with Gasteiger partial charge in [0.25, 0.3) is 0 Å². The summed E-state index contributed by atoms with van der Waals surface area (Å²) in [6.45, 7) is 2.68. The molecule has 0 bridgehead atoms. The number of aromatic amines is 1. The Balaban J connectivity index is 1.43. The van der Waals surface area contributed by atoms with Crippen LogP contribution in [0.1, 0.15) is 22.6 Å². The number of carbonyl (C=O) groups is 1. The zero-order valence-electron chi connectivity index (χ0n) is 16.6. The second kappa shape index (κ2) is 6.91. The highest BCUT2D eigenvalue weighted by molar-refractivity contribution is 5.92. The molecule has 1 aliphatic rings. The number of carboxylic acid groups (broad SMARTS) is 1. The van der Waals surface area contributed by atoms with Crippen molar-refractivity contribution in [3.05, 3.63) is 54.5 Å². The van der Waals surface area contributed by atoms with Crippen LogP contribution in [0.15, 0.2) is 43.1 Å². The average molecular weight is 414 g/mol. The minimum Gasteiger partial charge on any atom is -0.476 e. The highest BCUT2D eigenvalue weighted by Gasteiger charge is 2.46. The van der Waals surface area contributed by atoms with Gasteiger partial charge in [-0.3, -0.25) is 4.68 Å². The number of aromatic carboxylic acids is 1. The Kier molecular flexibility index (Phi) is 4.18. The number of anilines is 1. The van der Waals surface area contributed by atoms with Crippen molar-refractivity contribution in [3.63, 3.8) is 0 Å². The third kappa shape index (κ3) is 2.98. The van der Waals surface area contributed by atoms with Crippen LogP contribution in [0, 0.1) is 18.3 Å². The maximum absolute atomic E-state index is 11.2. The van der Waals surface area contributed by atoms with E-state index in [1.165, 1.54) is 6.20 Å². The number of nitrogens with one attached hydrogen (secondary N) is 1. The summed E-state index contributed by atoms with van der Waals surface area (Å²) in [6, 6.07) is 6.20. The predicted octanol–water partition coefficient (Wildman–Crippen LogP) is 2.35. The van der Waals surface area contributed by atoms with Crippen molar-refractivity contribution in [1.29, 1.82) is 5.26 Å². The van der Waals surface area contributed by atoms with Gasteiger partial charge in [-0.15, -0.1) is 0 Å². The Labute approximate surface area is 176 Å². The molecule has 0 radical (unpaired) electrons. The second-order valence-corrected chi connectivity index (χ2v) is 7.65. The lowest BCUT2D eigenvalue weighted by molar-refractivity contribution is 0.0689. The van der Waals surface area contributed by atoms with E-state index in [4.69, 9.17) is 5.11 Å². The van der Waals surface area contributed by atoms with Gasteiger partial charge >= 0.3 is 5.97 Å². The van der Waals surface area contributed by atoms with Gasteiger partial charge in [-0.05, 0) is 24.6 Å². The number of pyridine rings is 1. The topological polar surface area (TPSA) is 137 Å². The Bertz CT molecular complexity index is 1340. The molecule has 2 N–H and O–H groups in total. The number of aromatic nitrogens is 6. The fraction of sp³-hybridized carbons (Fsp3) is 0.238. The van der Waals surface area contributed by atoms with Gasteiger partial charge in [0, 0.05) is 42.6 Å². The van der Waals surface area contributed by atoms with Crippen LogP contribution in [0.3, 0.4) is 0 Å². The molecule has 5 rings (SSSR count). The molecule has 4 aromatic rings. The molecule has 0 aliphatic carbocycles. The molecule has 0 atom stereocenters. The summed E-state index contributed by atoms with van der Waals surface area (Å²) in [6.07, 6.45) is 9.12. The van der Waals surface area contributed by atoms with E-state index in [1.54, 1.807) is 19.3 Å². The van der Waals surface area contributed by atoms with Gasteiger partial charge in [-0.1, -0.05) is 0 Å². The molecule has 4 aromatic heterocycles. The van der Waals surface area contributed by atoms with Crippen LogP contribution >= 0.6 is 0 Å². The maximum atomic E-state index is 11.2. The molecule has 1 fully saturated rings. The molecule has 0 spiro atoms. The van der Waals surface area contributed by atoms with Crippen molar-refractivity contribution >= 4 is 22.8 Å². The molecule has 0 unspecified atom stereocenters. The highest BCUT2D eigenvalue weighted by atomic mass is 16.4. The van der Waals surface area contributed by atoms with E-state index >= 15 is 0 Å². The number of nitriles is 1. The van der Waals surface area contributed by atoms with E-state index in [-0.39, 0.29) is 5.69 Å². The summed E-state index contributed by atoms with van der Waals surface area (Å²) in [4.78, 5) is 29.0. The fourth-order valence-electron chi connectivity index (χ4n) is 4.08. The smallest absolute Gasteiger partial charge is 0.356 e. The SMILES string of the molecule is Cc1nc(N2CC(CC#N)(n3cc(-c4ccnc5[nH]ccc45)cn3)C2)cnc1C(=O)O. The molecule has 5 heterocycles. The second-order valence-electron chi connectivity index (χ2n) is 7.65. The van der Waals surface area contributed by atoms with Crippen LogP contribution in [-0.4, -0.2) is 53.9 Å². The fourth-order valence-corrected chi connectivity index (χ4v) is 4.08. The minimum absolute atomic E-state index is 0.0577. The van der Waals surface area contributed by atoms with E-state index in [1.807, 2.05) is 34.1 Å². The number of carboxylic acids is 1. The van der Waals surface area contributed by atoms with Crippen molar-refractivity contribution in [3.8, 4) is 17.2 Å². The Morgan fingerprint density at radius 1 is 1.32 bits per heavy atom. The molecular weight excluding hydrogens is 396 g/mol. The lowest BCUT2D eigenvalue weighted by Crippen LogP contribution is -2.63. The molecule has 1 aliphatic heterocycles. The molecule has 0 aromatic carbocycles. The number of hydrogen-bond donors (Lipinski definition) is 2. The van der Waals surface area contributed by atoms with Gasteiger partial charge in [-0.2, -0.15) is 10.4 Å². The van der Waals surface area contributed by atoms with Gasteiger partial charge in [0.15, 0.2) is 5.69 Å². The average Bonchev–Trinajstić information content (AvgIpc) is 3.39. The first-order valence-electron chi connectivity index (χ1n) is 9.67. The maximum Gasteiger partial charge on any atom is 0.356 e. The van der Waals surface area contributed by atoms with Gasteiger partial charge in [0.2, 0.25) is 0 Å². The summed E-state index contributed by atoms with van der Waals surface area (Å²) in [7, 11) is 0. The zero-order chi connectivity index (χ0) is 21.6. The molecule has 0 amide bonds. The van der Waals surface area contributed by atoms with E-state index in [9.17, 15) is 10.1 Å². The monoisotopic (exact) mass is 414 g/mol. The summed E-state index contributed by atoms with van der Waals surface area (Å²) >= 11 is 0. The number of hydrogen-bond acceptors (Lipinski definition) is 7. The van der Waals surface area contributed by atoms with E-state index in [0.29, 0.717) is 31.0 Å². The van der Waals surface area contributed by atoms with Crippen molar-refractivity contribution in [2.75, 3.05) is 18.0 Å². The van der Waals surface area contributed by atoms with E-state index < -0.39 is 11.5 Å². The molecule has 154 valence electrons. The van der Waals surface area contributed by atoms with Crippen LogP contribution < -0.4 is 4.90 Å². The van der Waals surface area contributed by atoms with E-state index in [2.05, 4.69) is 31.1 Å². The number of nitrogens with zero attached hydrogens (tertiary/aromatic N) is 7. The normalized spacial score (nSPS) is 14.9. The van der Waals surface area contributed by atoms with Crippen molar-refractivity contribution in [1.82, 2.24) is 29.7 Å². The van der Waals surface area contributed by atoms with Crippen LogP contribution in [-0.2, 0) is 5.54 Å². The number of aryl methyl sites for hydroxylation is 1. The summed E-state index contributed by atoms with van der Waals surface area (Å²) in [5.74, 6) is -0.512. The molecule has 31 heavy (non-hydrogen) atoms. The van der Waals surface area contributed by atoms with Gasteiger partial charge in [-0.25, -0.2) is 19.7 Å². The third-order valence-corrected chi connectivity index (χ3v) is 5.68. The van der Waals surface area contributed by atoms with Gasteiger partial charge in [0.1, 0.15) is 17.0 Å². The van der Waals surface area contributed by atoms with Gasteiger partial charge in [0.05, 0.1) is 30.6 Å². The standard InChI is InChI=1S/C21H18N8O2/c1-13-18(20(30)31)25-9-17(27-13)28-11-21(12-28,4-5-22)29-10-14(8-26-29)15-2-6-23-19-16(15)3-7-24-19/h2-3,6-10H,4,11-12H2,1H3,(H,23,24)(H,30,31). The number of fused-ring (bicyclic) bond motifs is 1. The van der Waals surface area contributed by atoms with Crippen LogP contribution in [0.2, 0.25) is 0 Å². The molecule has 1 saturated heterocycles. The Morgan fingerprint density at radius 3 is 2.90 bits per heavy atom. The molecule has 0 saturated carbocycles. The quantitative estimate of drug-likeness (QED) is 0.508.